The standard InChI is InChI=1S/C10H15NS/c1-8-4-3-5-10(6-8)11-7-9(2)12/h3-6,9,11-12H,7H2,1-2H3. The number of hydrogen-bond acceptors (Lipinski definition) is 2. The maximum atomic E-state index is 4.29. The first-order valence-electron chi connectivity index (χ1n) is 4.17. The van der Waals surface area contributed by atoms with Crippen LogP contribution < -0.4 is 5.32 Å². The van der Waals surface area contributed by atoms with Crippen LogP contribution in [0, 0.1) is 6.92 Å². The molecule has 1 atom stereocenters. The van der Waals surface area contributed by atoms with Crippen molar-refractivity contribution in [1.29, 1.82) is 0 Å². The van der Waals surface area contributed by atoms with E-state index in [0.717, 1.165) is 6.54 Å². The van der Waals surface area contributed by atoms with Gasteiger partial charge in [0, 0.05) is 17.5 Å². The van der Waals surface area contributed by atoms with Gasteiger partial charge in [0.2, 0.25) is 0 Å². The van der Waals surface area contributed by atoms with E-state index in [0.29, 0.717) is 5.25 Å². The Balaban J connectivity index is 2.52. The minimum absolute atomic E-state index is 0.394. The zero-order valence-corrected chi connectivity index (χ0v) is 8.44. The van der Waals surface area contributed by atoms with E-state index < -0.39 is 0 Å². The fraction of sp³-hybridized carbons (Fsp3) is 0.400. The van der Waals surface area contributed by atoms with Gasteiger partial charge in [-0.2, -0.15) is 12.6 Å². The van der Waals surface area contributed by atoms with Gasteiger partial charge in [0.05, 0.1) is 0 Å². The van der Waals surface area contributed by atoms with E-state index >= 15 is 0 Å². The fourth-order valence-corrected chi connectivity index (χ4v) is 1.11. The van der Waals surface area contributed by atoms with E-state index in [1.165, 1.54) is 11.3 Å². The van der Waals surface area contributed by atoms with Gasteiger partial charge < -0.3 is 5.32 Å². The maximum absolute atomic E-state index is 4.29. The van der Waals surface area contributed by atoms with Crippen LogP contribution in [0.2, 0.25) is 0 Å². The highest BCUT2D eigenvalue weighted by atomic mass is 32.1. The molecular formula is C10H15NS. The molecule has 1 aromatic rings. The summed E-state index contributed by atoms with van der Waals surface area (Å²) in [5, 5.41) is 3.70. The molecule has 12 heavy (non-hydrogen) atoms. The Hall–Kier alpha value is -0.630. The van der Waals surface area contributed by atoms with Gasteiger partial charge >= 0.3 is 0 Å². The molecular weight excluding hydrogens is 166 g/mol. The Bertz CT molecular complexity index is 245. The van der Waals surface area contributed by atoms with Crippen molar-refractivity contribution in [3.8, 4) is 0 Å². The number of hydrogen-bond donors (Lipinski definition) is 2. The number of thiol groups is 1. The molecule has 1 N–H and O–H groups in total. The first-order valence-corrected chi connectivity index (χ1v) is 4.69. The number of rotatable bonds is 3. The highest BCUT2D eigenvalue weighted by Crippen LogP contribution is 2.09. The van der Waals surface area contributed by atoms with E-state index in [4.69, 9.17) is 0 Å². The third-order valence-electron chi connectivity index (χ3n) is 1.62. The number of benzene rings is 1. The largest absolute Gasteiger partial charge is 0.384 e. The molecule has 0 aromatic heterocycles. The summed E-state index contributed by atoms with van der Waals surface area (Å²) >= 11 is 4.29. The van der Waals surface area contributed by atoms with E-state index in [9.17, 15) is 0 Å². The van der Waals surface area contributed by atoms with Gasteiger partial charge in [0.25, 0.3) is 0 Å². The summed E-state index contributed by atoms with van der Waals surface area (Å²) in [6.45, 7) is 5.08. The lowest BCUT2D eigenvalue weighted by Gasteiger charge is -2.08. The third-order valence-corrected chi connectivity index (χ3v) is 1.80. The van der Waals surface area contributed by atoms with Crippen molar-refractivity contribution < 1.29 is 0 Å². The van der Waals surface area contributed by atoms with Gasteiger partial charge in [0.15, 0.2) is 0 Å². The van der Waals surface area contributed by atoms with Crippen molar-refractivity contribution in [2.45, 2.75) is 19.1 Å². The molecule has 0 heterocycles. The lowest BCUT2D eigenvalue weighted by molar-refractivity contribution is 1.01. The van der Waals surface area contributed by atoms with Gasteiger partial charge in [-0.3, -0.25) is 0 Å². The highest BCUT2D eigenvalue weighted by Gasteiger charge is 1.94. The number of aryl methyl sites for hydroxylation is 1. The molecule has 0 saturated heterocycles. The molecule has 66 valence electrons. The minimum Gasteiger partial charge on any atom is -0.384 e. The normalized spacial score (nSPS) is 12.6. The van der Waals surface area contributed by atoms with E-state index in [-0.39, 0.29) is 0 Å². The summed E-state index contributed by atoms with van der Waals surface area (Å²) in [7, 11) is 0. The second kappa shape index (κ2) is 4.41. The van der Waals surface area contributed by atoms with Crippen LogP contribution in [0.1, 0.15) is 12.5 Å². The van der Waals surface area contributed by atoms with Crippen LogP contribution in [-0.4, -0.2) is 11.8 Å². The lowest BCUT2D eigenvalue weighted by atomic mass is 10.2. The Morgan fingerprint density at radius 2 is 2.25 bits per heavy atom. The maximum Gasteiger partial charge on any atom is 0.0343 e. The molecule has 0 aliphatic heterocycles. The summed E-state index contributed by atoms with van der Waals surface area (Å²) in [6, 6.07) is 8.36. The summed E-state index contributed by atoms with van der Waals surface area (Å²) in [6.07, 6.45) is 0. The van der Waals surface area contributed by atoms with Gasteiger partial charge in [-0.15, -0.1) is 0 Å². The van der Waals surface area contributed by atoms with Crippen molar-refractivity contribution in [3.63, 3.8) is 0 Å². The second-order valence-corrected chi connectivity index (χ2v) is 3.98. The van der Waals surface area contributed by atoms with Crippen LogP contribution in [-0.2, 0) is 0 Å². The first-order chi connectivity index (χ1) is 5.68. The van der Waals surface area contributed by atoms with Crippen LogP contribution in [0.3, 0.4) is 0 Å². The molecule has 0 spiro atoms. The van der Waals surface area contributed by atoms with Crippen LogP contribution in [0.25, 0.3) is 0 Å². The molecule has 2 heteroatoms. The van der Waals surface area contributed by atoms with E-state index in [1.54, 1.807) is 0 Å². The third kappa shape index (κ3) is 3.18. The van der Waals surface area contributed by atoms with Gasteiger partial charge in [-0.25, -0.2) is 0 Å². The van der Waals surface area contributed by atoms with Crippen molar-refractivity contribution >= 4 is 18.3 Å². The summed E-state index contributed by atoms with van der Waals surface area (Å²) in [4.78, 5) is 0. The van der Waals surface area contributed by atoms with Gasteiger partial charge in [0.1, 0.15) is 0 Å². The van der Waals surface area contributed by atoms with Gasteiger partial charge in [-0.1, -0.05) is 19.1 Å². The van der Waals surface area contributed by atoms with Crippen LogP contribution in [0.4, 0.5) is 5.69 Å². The van der Waals surface area contributed by atoms with Crippen molar-refractivity contribution in [2.24, 2.45) is 0 Å². The zero-order chi connectivity index (χ0) is 8.97. The predicted molar refractivity (Wildman–Crippen MR) is 58.1 cm³/mol. The van der Waals surface area contributed by atoms with Crippen LogP contribution >= 0.6 is 12.6 Å². The Morgan fingerprint density at radius 1 is 1.50 bits per heavy atom. The average Bonchev–Trinajstić information content (AvgIpc) is 2.01. The number of nitrogens with one attached hydrogen (secondary N) is 1. The molecule has 1 unspecified atom stereocenters. The monoisotopic (exact) mass is 181 g/mol. The fourth-order valence-electron chi connectivity index (χ4n) is 1.02. The molecule has 0 amide bonds. The second-order valence-electron chi connectivity index (χ2n) is 3.10. The molecule has 1 rings (SSSR count). The smallest absolute Gasteiger partial charge is 0.0343 e. The van der Waals surface area contributed by atoms with Gasteiger partial charge in [-0.05, 0) is 24.6 Å². The molecule has 0 aliphatic carbocycles. The summed E-state index contributed by atoms with van der Waals surface area (Å²) < 4.78 is 0. The average molecular weight is 181 g/mol. The Labute approximate surface area is 79.6 Å². The molecule has 1 nitrogen and oxygen atoms in total. The number of anilines is 1. The molecule has 0 aliphatic rings. The first kappa shape index (κ1) is 9.46. The van der Waals surface area contributed by atoms with Crippen LogP contribution in [0.5, 0.6) is 0 Å². The topological polar surface area (TPSA) is 12.0 Å². The minimum atomic E-state index is 0.394. The molecule has 0 radical (unpaired) electrons. The SMILES string of the molecule is Cc1cccc(NCC(C)S)c1. The van der Waals surface area contributed by atoms with E-state index in [2.05, 4.69) is 56.1 Å². The van der Waals surface area contributed by atoms with Crippen molar-refractivity contribution in [1.82, 2.24) is 0 Å². The van der Waals surface area contributed by atoms with E-state index in [1.807, 2.05) is 0 Å². The molecule has 0 bridgehead atoms. The van der Waals surface area contributed by atoms with Crippen molar-refractivity contribution in [3.05, 3.63) is 29.8 Å². The lowest BCUT2D eigenvalue weighted by Crippen LogP contribution is -2.10. The summed E-state index contributed by atoms with van der Waals surface area (Å²) in [5.41, 5.74) is 2.46. The molecule has 0 fully saturated rings. The summed E-state index contributed by atoms with van der Waals surface area (Å²) in [5.74, 6) is 0. The Morgan fingerprint density at radius 3 is 2.83 bits per heavy atom. The van der Waals surface area contributed by atoms with Crippen LogP contribution in [0.15, 0.2) is 24.3 Å². The predicted octanol–water partition coefficient (Wildman–Crippen LogP) is 2.73. The zero-order valence-electron chi connectivity index (χ0n) is 7.54. The Kier molecular flexibility index (Phi) is 3.48. The van der Waals surface area contributed by atoms with Crippen molar-refractivity contribution in [2.75, 3.05) is 11.9 Å². The highest BCUT2D eigenvalue weighted by molar-refractivity contribution is 7.80. The molecule has 0 saturated carbocycles. The molecule has 1 aromatic carbocycles. The quantitative estimate of drug-likeness (QED) is 0.683.